The first-order valence-electron chi connectivity index (χ1n) is 5.35. The molecular formula is C13H11NO4S. The number of benzene rings is 2. The van der Waals surface area contributed by atoms with E-state index in [0.717, 1.165) is 0 Å². The number of carboxylic acid groups (broad SMARTS) is 1. The van der Waals surface area contributed by atoms with E-state index < -0.39 is 16.0 Å². The summed E-state index contributed by atoms with van der Waals surface area (Å²) >= 11 is 0. The van der Waals surface area contributed by atoms with Crippen molar-refractivity contribution in [3.63, 3.8) is 0 Å². The van der Waals surface area contributed by atoms with Gasteiger partial charge in [0, 0.05) is 0 Å². The molecule has 0 bridgehead atoms. The first-order valence-corrected chi connectivity index (χ1v) is 6.90. The lowest BCUT2D eigenvalue weighted by molar-refractivity contribution is 0.0697. The zero-order valence-electron chi connectivity index (χ0n) is 9.78. The minimum atomic E-state index is -3.74. The fourth-order valence-electron chi connectivity index (χ4n) is 1.75. The van der Waals surface area contributed by atoms with E-state index in [0.29, 0.717) is 11.1 Å². The van der Waals surface area contributed by atoms with Crippen molar-refractivity contribution in [2.45, 2.75) is 4.90 Å². The fourth-order valence-corrected chi connectivity index (χ4v) is 2.26. The Bertz CT molecular complexity index is 721. The van der Waals surface area contributed by atoms with Gasteiger partial charge in [-0.05, 0) is 29.3 Å². The van der Waals surface area contributed by atoms with Crippen LogP contribution in [0.1, 0.15) is 10.4 Å². The first kappa shape index (κ1) is 13.3. The summed E-state index contributed by atoms with van der Waals surface area (Å²) in [7, 11) is -3.74. The van der Waals surface area contributed by atoms with Gasteiger partial charge in [0.25, 0.3) is 0 Å². The average Bonchev–Trinajstić information content (AvgIpc) is 2.38. The Labute approximate surface area is 110 Å². The molecule has 5 nitrogen and oxygen atoms in total. The maximum Gasteiger partial charge on any atom is 0.336 e. The Morgan fingerprint density at radius 1 is 1.00 bits per heavy atom. The Balaban J connectivity index is 2.52. The monoisotopic (exact) mass is 277 g/mol. The van der Waals surface area contributed by atoms with Gasteiger partial charge in [0.05, 0.1) is 10.5 Å². The molecule has 0 aliphatic rings. The van der Waals surface area contributed by atoms with E-state index in [2.05, 4.69) is 0 Å². The molecule has 2 rings (SSSR count). The normalized spacial score (nSPS) is 11.2. The summed E-state index contributed by atoms with van der Waals surface area (Å²) in [6.07, 6.45) is 0. The molecule has 0 aliphatic carbocycles. The van der Waals surface area contributed by atoms with Crippen LogP contribution in [0.4, 0.5) is 0 Å². The third-order valence-corrected chi connectivity index (χ3v) is 3.58. The summed E-state index contributed by atoms with van der Waals surface area (Å²) in [5, 5.41) is 14.1. The second-order valence-electron chi connectivity index (χ2n) is 3.92. The van der Waals surface area contributed by atoms with E-state index in [1.54, 1.807) is 18.2 Å². The van der Waals surface area contributed by atoms with Crippen LogP contribution < -0.4 is 5.14 Å². The van der Waals surface area contributed by atoms with Gasteiger partial charge in [-0.25, -0.2) is 18.4 Å². The van der Waals surface area contributed by atoms with Gasteiger partial charge in [-0.1, -0.05) is 30.3 Å². The van der Waals surface area contributed by atoms with Crippen LogP contribution in [-0.2, 0) is 10.0 Å². The molecule has 3 N–H and O–H groups in total. The zero-order chi connectivity index (χ0) is 14.0. The summed E-state index contributed by atoms with van der Waals surface area (Å²) in [5.41, 5.74) is 1.30. The molecule has 0 atom stereocenters. The Morgan fingerprint density at radius 2 is 1.58 bits per heavy atom. The van der Waals surface area contributed by atoms with Crippen LogP contribution in [0.25, 0.3) is 11.1 Å². The fraction of sp³-hybridized carbons (Fsp3) is 0. The number of carboxylic acids is 1. The number of nitrogens with two attached hydrogens (primary N) is 1. The maximum atomic E-state index is 11.1. The molecule has 0 radical (unpaired) electrons. The van der Waals surface area contributed by atoms with Crippen molar-refractivity contribution in [3.8, 4) is 11.1 Å². The predicted octanol–water partition coefficient (Wildman–Crippen LogP) is 1.70. The van der Waals surface area contributed by atoms with Crippen LogP contribution in [0.15, 0.2) is 53.4 Å². The zero-order valence-corrected chi connectivity index (χ0v) is 10.6. The quantitative estimate of drug-likeness (QED) is 0.892. The van der Waals surface area contributed by atoms with Gasteiger partial charge < -0.3 is 5.11 Å². The molecule has 0 amide bonds. The lowest BCUT2D eigenvalue weighted by Gasteiger charge is -2.06. The lowest BCUT2D eigenvalue weighted by atomic mass is 10.00. The number of hydrogen-bond acceptors (Lipinski definition) is 3. The second-order valence-corrected chi connectivity index (χ2v) is 5.48. The highest BCUT2D eigenvalue weighted by Crippen LogP contribution is 2.24. The van der Waals surface area contributed by atoms with Gasteiger partial charge >= 0.3 is 5.97 Å². The van der Waals surface area contributed by atoms with E-state index in [-0.39, 0.29) is 10.5 Å². The van der Waals surface area contributed by atoms with E-state index in [1.165, 1.54) is 30.3 Å². The van der Waals surface area contributed by atoms with Gasteiger partial charge in [-0.2, -0.15) is 0 Å². The Kier molecular flexibility index (Phi) is 3.37. The molecule has 6 heteroatoms. The van der Waals surface area contributed by atoms with Crippen LogP contribution in [0.3, 0.4) is 0 Å². The molecule has 0 saturated heterocycles. The Hall–Kier alpha value is -2.18. The van der Waals surface area contributed by atoms with Crippen LogP contribution in [-0.4, -0.2) is 19.5 Å². The number of sulfonamides is 1. The van der Waals surface area contributed by atoms with Crippen molar-refractivity contribution in [2.24, 2.45) is 5.14 Å². The molecule has 98 valence electrons. The molecule has 19 heavy (non-hydrogen) atoms. The van der Waals surface area contributed by atoms with Gasteiger partial charge in [-0.3, -0.25) is 0 Å². The molecule has 2 aromatic rings. The van der Waals surface area contributed by atoms with Crippen LogP contribution in [0.2, 0.25) is 0 Å². The predicted molar refractivity (Wildman–Crippen MR) is 70.2 cm³/mol. The van der Waals surface area contributed by atoms with Gasteiger partial charge in [0.2, 0.25) is 10.0 Å². The summed E-state index contributed by atoms with van der Waals surface area (Å²) < 4.78 is 22.3. The van der Waals surface area contributed by atoms with Crippen LogP contribution in [0.5, 0.6) is 0 Å². The van der Waals surface area contributed by atoms with Crippen molar-refractivity contribution >= 4 is 16.0 Å². The highest BCUT2D eigenvalue weighted by Gasteiger charge is 2.12. The van der Waals surface area contributed by atoms with Crippen molar-refractivity contribution < 1.29 is 18.3 Å². The van der Waals surface area contributed by atoms with E-state index in [4.69, 9.17) is 10.2 Å². The lowest BCUT2D eigenvalue weighted by Crippen LogP contribution is -2.11. The van der Waals surface area contributed by atoms with Gasteiger partial charge in [0.1, 0.15) is 0 Å². The molecule has 0 aliphatic heterocycles. The SMILES string of the molecule is NS(=O)(=O)c1ccc(-c2ccccc2C(=O)O)cc1. The standard InChI is InChI=1S/C13H11NO4S/c14-19(17,18)10-7-5-9(6-8-10)11-3-1-2-4-12(11)13(15)16/h1-8H,(H,15,16)(H2,14,17,18). The number of rotatable bonds is 3. The van der Waals surface area contributed by atoms with Crippen LogP contribution in [0, 0.1) is 0 Å². The summed E-state index contributed by atoms with van der Waals surface area (Å²) in [6.45, 7) is 0. The number of hydrogen-bond donors (Lipinski definition) is 2. The summed E-state index contributed by atoms with van der Waals surface area (Å²) in [5.74, 6) is -1.04. The molecule has 2 aromatic carbocycles. The molecule has 0 heterocycles. The third kappa shape index (κ3) is 2.81. The van der Waals surface area contributed by atoms with Crippen molar-refractivity contribution in [2.75, 3.05) is 0 Å². The first-order chi connectivity index (χ1) is 8.89. The van der Waals surface area contributed by atoms with E-state index in [1.807, 2.05) is 0 Å². The topological polar surface area (TPSA) is 97.5 Å². The van der Waals surface area contributed by atoms with Crippen molar-refractivity contribution in [3.05, 3.63) is 54.1 Å². The molecule has 0 unspecified atom stereocenters. The molecular weight excluding hydrogens is 266 g/mol. The van der Waals surface area contributed by atoms with Crippen LogP contribution >= 0.6 is 0 Å². The smallest absolute Gasteiger partial charge is 0.336 e. The number of aromatic carboxylic acids is 1. The third-order valence-electron chi connectivity index (χ3n) is 2.65. The molecule has 0 aromatic heterocycles. The highest BCUT2D eigenvalue weighted by molar-refractivity contribution is 7.89. The summed E-state index contributed by atoms with van der Waals surface area (Å²) in [4.78, 5) is 11.1. The molecule has 0 saturated carbocycles. The summed E-state index contributed by atoms with van der Waals surface area (Å²) in [6, 6.07) is 12.3. The van der Waals surface area contributed by atoms with E-state index >= 15 is 0 Å². The van der Waals surface area contributed by atoms with E-state index in [9.17, 15) is 13.2 Å². The highest BCUT2D eigenvalue weighted by atomic mass is 32.2. The van der Waals surface area contributed by atoms with Crippen molar-refractivity contribution in [1.29, 1.82) is 0 Å². The second kappa shape index (κ2) is 4.83. The molecule has 0 fully saturated rings. The Morgan fingerprint density at radius 3 is 2.11 bits per heavy atom. The van der Waals surface area contributed by atoms with Gasteiger partial charge in [-0.15, -0.1) is 0 Å². The minimum Gasteiger partial charge on any atom is -0.478 e. The number of primary sulfonamides is 1. The van der Waals surface area contributed by atoms with Crippen molar-refractivity contribution in [1.82, 2.24) is 0 Å². The largest absolute Gasteiger partial charge is 0.478 e. The van der Waals surface area contributed by atoms with Gasteiger partial charge in [0.15, 0.2) is 0 Å². The number of carbonyl (C=O) groups is 1. The minimum absolute atomic E-state index is 0.0101. The maximum absolute atomic E-state index is 11.1. The average molecular weight is 277 g/mol. The molecule has 0 spiro atoms.